The van der Waals surface area contributed by atoms with Gasteiger partial charge in [-0.2, -0.15) is 0 Å². The Balaban J connectivity index is 2.45. The first kappa shape index (κ1) is 10.8. The van der Waals surface area contributed by atoms with Gasteiger partial charge in [-0.25, -0.2) is 0 Å². The molecule has 1 aliphatic heterocycles. The van der Waals surface area contributed by atoms with Gasteiger partial charge in [0.1, 0.15) is 12.7 Å². The van der Waals surface area contributed by atoms with E-state index in [1.54, 1.807) is 7.05 Å². The van der Waals surface area contributed by atoms with Crippen molar-refractivity contribution in [2.45, 2.75) is 19.4 Å². The Bertz CT molecular complexity index is 403. The fourth-order valence-corrected chi connectivity index (χ4v) is 1.73. The van der Waals surface area contributed by atoms with E-state index in [0.29, 0.717) is 23.7 Å². The van der Waals surface area contributed by atoms with Gasteiger partial charge in [-0.3, -0.25) is 4.79 Å². The summed E-state index contributed by atoms with van der Waals surface area (Å²) < 4.78 is 11.3. The lowest BCUT2D eigenvalue weighted by atomic mass is 10.1. The topological polar surface area (TPSA) is 47.6 Å². The number of carbonyl (C=O) groups excluding carboxylic acids is 1. The van der Waals surface area contributed by atoms with Crippen LogP contribution in [0.2, 0.25) is 0 Å². The van der Waals surface area contributed by atoms with Crippen molar-refractivity contribution in [3.63, 3.8) is 0 Å². The minimum absolute atomic E-state index is 0.0262. The summed E-state index contributed by atoms with van der Waals surface area (Å²) in [5.74, 6) is 1.20. The molecule has 4 heteroatoms. The Hall–Kier alpha value is -1.71. The Morgan fingerprint density at radius 1 is 1.56 bits per heavy atom. The fourth-order valence-electron chi connectivity index (χ4n) is 1.73. The number of hydrogen-bond acceptors (Lipinski definition) is 4. The Labute approximate surface area is 94.6 Å². The SMILES string of the molecule is CCC1COc2ccc(NC)c(C=O)c2O1. The number of benzene rings is 1. The first-order valence-electron chi connectivity index (χ1n) is 5.39. The molecule has 0 fully saturated rings. The van der Waals surface area contributed by atoms with E-state index in [-0.39, 0.29) is 6.10 Å². The van der Waals surface area contributed by atoms with Gasteiger partial charge in [0.2, 0.25) is 0 Å². The molecule has 86 valence electrons. The summed E-state index contributed by atoms with van der Waals surface area (Å²) in [6.07, 6.45) is 1.69. The number of aldehydes is 1. The van der Waals surface area contributed by atoms with Crippen molar-refractivity contribution < 1.29 is 14.3 Å². The second-order valence-corrected chi connectivity index (χ2v) is 3.68. The third-order valence-corrected chi connectivity index (χ3v) is 2.71. The highest BCUT2D eigenvalue weighted by Crippen LogP contribution is 2.38. The fraction of sp³-hybridized carbons (Fsp3) is 0.417. The predicted molar refractivity (Wildman–Crippen MR) is 61.6 cm³/mol. The van der Waals surface area contributed by atoms with Gasteiger partial charge in [0, 0.05) is 12.7 Å². The largest absolute Gasteiger partial charge is 0.486 e. The van der Waals surface area contributed by atoms with E-state index in [2.05, 4.69) is 5.32 Å². The Kier molecular flexibility index (Phi) is 2.99. The molecule has 0 saturated heterocycles. The molecular formula is C12H15NO3. The Morgan fingerprint density at radius 3 is 3.00 bits per heavy atom. The molecule has 0 spiro atoms. The van der Waals surface area contributed by atoms with Crippen LogP contribution in [-0.4, -0.2) is 26.0 Å². The van der Waals surface area contributed by atoms with Gasteiger partial charge in [0.05, 0.1) is 5.56 Å². The molecule has 1 atom stereocenters. The highest BCUT2D eigenvalue weighted by molar-refractivity contribution is 5.90. The zero-order chi connectivity index (χ0) is 11.5. The maximum Gasteiger partial charge on any atom is 0.174 e. The second-order valence-electron chi connectivity index (χ2n) is 3.68. The molecule has 0 saturated carbocycles. The van der Waals surface area contributed by atoms with Gasteiger partial charge in [0.15, 0.2) is 17.8 Å². The summed E-state index contributed by atoms with van der Waals surface area (Å²) in [5, 5.41) is 2.96. The van der Waals surface area contributed by atoms with Crippen LogP contribution in [0.1, 0.15) is 23.7 Å². The zero-order valence-electron chi connectivity index (χ0n) is 9.45. The van der Waals surface area contributed by atoms with Gasteiger partial charge in [-0.05, 0) is 18.6 Å². The smallest absolute Gasteiger partial charge is 0.174 e. The lowest BCUT2D eigenvalue weighted by Gasteiger charge is -2.27. The third-order valence-electron chi connectivity index (χ3n) is 2.71. The average molecular weight is 221 g/mol. The molecule has 1 unspecified atom stereocenters. The van der Waals surface area contributed by atoms with Crippen LogP contribution in [-0.2, 0) is 0 Å². The zero-order valence-corrected chi connectivity index (χ0v) is 9.45. The van der Waals surface area contributed by atoms with Crippen molar-refractivity contribution >= 4 is 12.0 Å². The molecule has 2 rings (SSSR count). The van der Waals surface area contributed by atoms with Gasteiger partial charge in [-0.15, -0.1) is 0 Å². The number of fused-ring (bicyclic) bond motifs is 1. The van der Waals surface area contributed by atoms with Crippen molar-refractivity contribution in [1.29, 1.82) is 0 Å². The summed E-state index contributed by atoms with van der Waals surface area (Å²) in [7, 11) is 1.77. The average Bonchev–Trinajstić information content (AvgIpc) is 2.36. The van der Waals surface area contributed by atoms with E-state index < -0.39 is 0 Å². The maximum absolute atomic E-state index is 11.1. The highest BCUT2D eigenvalue weighted by atomic mass is 16.6. The van der Waals surface area contributed by atoms with Gasteiger partial charge in [-0.1, -0.05) is 6.92 Å². The van der Waals surface area contributed by atoms with E-state index in [1.165, 1.54) is 0 Å². The molecule has 0 amide bonds. The molecule has 1 heterocycles. The molecule has 0 aliphatic carbocycles. The van der Waals surface area contributed by atoms with Crippen LogP contribution in [0.4, 0.5) is 5.69 Å². The summed E-state index contributed by atoms with van der Waals surface area (Å²) in [6.45, 7) is 2.57. The number of rotatable bonds is 3. The molecule has 16 heavy (non-hydrogen) atoms. The van der Waals surface area contributed by atoms with Crippen molar-refractivity contribution in [3.8, 4) is 11.5 Å². The molecule has 0 bridgehead atoms. The quantitative estimate of drug-likeness (QED) is 0.794. The lowest BCUT2D eigenvalue weighted by Crippen LogP contribution is -2.29. The highest BCUT2D eigenvalue weighted by Gasteiger charge is 2.23. The number of ether oxygens (including phenoxy) is 2. The standard InChI is InChI=1S/C12H15NO3/c1-3-8-7-15-11-5-4-10(13-2)9(6-14)12(11)16-8/h4-6,8,13H,3,7H2,1-2H3. The second kappa shape index (κ2) is 4.43. The first-order valence-corrected chi connectivity index (χ1v) is 5.39. The third kappa shape index (κ3) is 1.71. The molecule has 0 aromatic heterocycles. The molecule has 1 N–H and O–H groups in total. The minimum Gasteiger partial charge on any atom is -0.486 e. The maximum atomic E-state index is 11.1. The molecule has 1 aromatic carbocycles. The van der Waals surface area contributed by atoms with E-state index in [0.717, 1.165) is 18.4 Å². The summed E-state index contributed by atoms with van der Waals surface area (Å²) in [4.78, 5) is 11.1. The Morgan fingerprint density at radius 2 is 2.38 bits per heavy atom. The van der Waals surface area contributed by atoms with E-state index in [1.807, 2.05) is 19.1 Å². The van der Waals surface area contributed by atoms with Crippen LogP contribution in [0.5, 0.6) is 11.5 Å². The van der Waals surface area contributed by atoms with Crippen molar-refractivity contribution in [1.82, 2.24) is 0 Å². The van der Waals surface area contributed by atoms with Gasteiger partial charge < -0.3 is 14.8 Å². The van der Waals surface area contributed by atoms with Crippen LogP contribution in [0.15, 0.2) is 12.1 Å². The summed E-state index contributed by atoms with van der Waals surface area (Å²) in [5.41, 5.74) is 1.28. The summed E-state index contributed by atoms with van der Waals surface area (Å²) in [6, 6.07) is 3.64. The van der Waals surface area contributed by atoms with E-state index in [4.69, 9.17) is 9.47 Å². The number of anilines is 1. The monoisotopic (exact) mass is 221 g/mol. The summed E-state index contributed by atoms with van der Waals surface area (Å²) >= 11 is 0. The molecule has 4 nitrogen and oxygen atoms in total. The van der Waals surface area contributed by atoms with Crippen molar-refractivity contribution in [2.24, 2.45) is 0 Å². The number of hydrogen-bond donors (Lipinski definition) is 1. The van der Waals surface area contributed by atoms with Crippen LogP contribution in [0.3, 0.4) is 0 Å². The van der Waals surface area contributed by atoms with Crippen LogP contribution >= 0.6 is 0 Å². The van der Waals surface area contributed by atoms with Gasteiger partial charge in [0.25, 0.3) is 0 Å². The van der Waals surface area contributed by atoms with Crippen LogP contribution < -0.4 is 14.8 Å². The van der Waals surface area contributed by atoms with E-state index >= 15 is 0 Å². The predicted octanol–water partition coefficient (Wildman–Crippen LogP) is 2.09. The van der Waals surface area contributed by atoms with E-state index in [9.17, 15) is 4.79 Å². The number of carbonyl (C=O) groups is 1. The lowest BCUT2D eigenvalue weighted by molar-refractivity contribution is 0.0860. The van der Waals surface area contributed by atoms with Gasteiger partial charge >= 0.3 is 0 Å². The molecule has 1 aliphatic rings. The minimum atomic E-state index is 0.0262. The first-order chi connectivity index (χ1) is 7.80. The van der Waals surface area contributed by atoms with Crippen molar-refractivity contribution in [2.75, 3.05) is 19.0 Å². The molecule has 1 aromatic rings. The van der Waals surface area contributed by atoms with Crippen LogP contribution in [0.25, 0.3) is 0 Å². The molecule has 0 radical (unpaired) electrons. The normalized spacial score (nSPS) is 18.0. The number of nitrogens with one attached hydrogen (secondary N) is 1. The van der Waals surface area contributed by atoms with Crippen molar-refractivity contribution in [3.05, 3.63) is 17.7 Å². The van der Waals surface area contributed by atoms with Crippen LogP contribution in [0, 0.1) is 0 Å². The molecular weight excluding hydrogens is 206 g/mol.